The third-order valence-electron chi connectivity index (χ3n) is 4.75. The number of benzene rings is 3. The molecule has 1 aliphatic heterocycles. The second kappa shape index (κ2) is 6.06. The zero-order valence-electron chi connectivity index (χ0n) is 13.6. The largest absolute Gasteiger partial charge is 0.478 e. The highest BCUT2D eigenvalue weighted by Gasteiger charge is 2.22. The first-order chi connectivity index (χ1) is 12.1. The Hall–Kier alpha value is -3.14. The zero-order valence-corrected chi connectivity index (χ0v) is 13.6. The predicted molar refractivity (Wildman–Crippen MR) is 95.8 cm³/mol. The van der Waals surface area contributed by atoms with Gasteiger partial charge in [0.15, 0.2) is 0 Å². The van der Waals surface area contributed by atoms with Crippen molar-refractivity contribution in [3.05, 3.63) is 82.9 Å². The van der Waals surface area contributed by atoms with E-state index in [-0.39, 0.29) is 11.5 Å². The maximum atomic E-state index is 12.9. The molecule has 0 radical (unpaired) electrons. The zero-order chi connectivity index (χ0) is 17.4. The second-order valence-electron chi connectivity index (χ2n) is 6.33. The molecule has 3 aromatic carbocycles. The minimum atomic E-state index is -0.944. The second-order valence-corrected chi connectivity index (χ2v) is 6.33. The Bertz CT molecular complexity index is 993. The fourth-order valence-electron chi connectivity index (χ4n) is 3.37. The third-order valence-corrected chi connectivity index (χ3v) is 4.75. The van der Waals surface area contributed by atoms with E-state index in [0.29, 0.717) is 18.7 Å². The summed E-state index contributed by atoms with van der Waals surface area (Å²) in [5.74, 6) is -0.960. The van der Waals surface area contributed by atoms with Gasteiger partial charge in [0, 0.05) is 18.7 Å². The predicted octanol–water partition coefficient (Wildman–Crippen LogP) is 3.74. The molecule has 4 rings (SSSR count). The van der Waals surface area contributed by atoms with Crippen LogP contribution in [0, 0.1) is 0 Å². The van der Waals surface area contributed by atoms with Crippen LogP contribution in [0.15, 0.2) is 60.7 Å². The first-order valence-electron chi connectivity index (χ1n) is 8.25. The lowest BCUT2D eigenvalue weighted by molar-refractivity contribution is 0.0696. The normalized spacial score (nSPS) is 13.5. The lowest BCUT2D eigenvalue weighted by Crippen LogP contribution is -2.36. The molecule has 0 atom stereocenters. The van der Waals surface area contributed by atoms with Gasteiger partial charge in [-0.15, -0.1) is 0 Å². The van der Waals surface area contributed by atoms with Gasteiger partial charge >= 0.3 is 5.97 Å². The summed E-state index contributed by atoms with van der Waals surface area (Å²) in [5, 5.41) is 11.3. The number of carbonyl (C=O) groups is 2. The molecule has 25 heavy (non-hydrogen) atoms. The Labute approximate surface area is 145 Å². The summed E-state index contributed by atoms with van der Waals surface area (Å²) in [6.45, 7) is 1.09. The minimum Gasteiger partial charge on any atom is -0.478 e. The molecular formula is C21H17NO3. The van der Waals surface area contributed by atoms with Gasteiger partial charge in [0.05, 0.1) is 5.56 Å². The van der Waals surface area contributed by atoms with Gasteiger partial charge in [0.2, 0.25) is 0 Å². The quantitative estimate of drug-likeness (QED) is 0.778. The van der Waals surface area contributed by atoms with Crippen LogP contribution in [0.4, 0.5) is 0 Å². The summed E-state index contributed by atoms with van der Waals surface area (Å²) < 4.78 is 0. The van der Waals surface area contributed by atoms with E-state index in [9.17, 15) is 9.59 Å². The number of rotatable bonds is 2. The lowest BCUT2D eigenvalue weighted by Gasteiger charge is -2.29. The van der Waals surface area contributed by atoms with Gasteiger partial charge in [-0.05, 0) is 52.6 Å². The summed E-state index contributed by atoms with van der Waals surface area (Å²) in [6.07, 6.45) is 0.745. The summed E-state index contributed by atoms with van der Waals surface area (Å²) in [4.78, 5) is 25.8. The van der Waals surface area contributed by atoms with Crippen molar-refractivity contribution in [3.63, 3.8) is 0 Å². The Morgan fingerprint density at radius 3 is 2.40 bits per heavy atom. The van der Waals surface area contributed by atoms with Crippen molar-refractivity contribution >= 4 is 22.6 Å². The first kappa shape index (κ1) is 15.4. The van der Waals surface area contributed by atoms with Gasteiger partial charge in [-0.1, -0.05) is 36.4 Å². The number of carboxylic acids is 1. The number of carbonyl (C=O) groups excluding carboxylic acids is 1. The minimum absolute atomic E-state index is 0.0165. The van der Waals surface area contributed by atoms with Gasteiger partial charge in [0.1, 0.15) is 0 Å². The van der Waals surface area contributed by atoms with Gasteiger partial charge in [-0.25, -0.2) is 4.79 Å². The molecule has 0 unspecified atom stereocenters. The van der Waals surface area contributed by atoms with Crippen LogP contribution in [-0.4, -0.2) is 28.4 Å². The van der Waals surface area contributed by atoms with Crippen LogP contribution in [0.3, 0.4) is 0 Å². The Balaban J connectivity index is 1.62. The highest BCUT2D eigenvalue weighted by atomic mass is 16.4. The summed E-state index contributed by atoms with van der Waals surface area (Å²) in [7, 11) is 0. The fraction of sp³-hybridized carbons (Fsp3) is 0.143. The van der Waals surface area contributed by atoms with Crippen molar-refractivity contribution < 1.29 is 14.7 Å². The molecule has 0 spiro atoms. The van der Waals surface area contributed by atoms with Crippen LogP contribution in [0.5, 0.6) is 0 Å². The Morgan fingerprint density at radius 1 is 0.840 bits per heavy atom. The average Bonchev–Trinajstić information content (AvgIpc) is 2.66. The van der Waals surface area contributed by atoms with E-state index in [0.717, 1.165) is 28.3 Å². The smallest absolute Gasteiger partial charge is 0.335 e. The van der Waals surface area contributed by atoms with E-state index in [2.05, 4.69) is 0 Å². The number of amides is 1. The van der Waals surface area contributed by atoms with Crippen molar-refractivity contribution in [2.75, 3.05) is 6.54 Å². The summed E-state index contributed by atoms with van der Waals surface area (Å²) in [5.41, 5.74) is 2.96. The number of aromatic carboxylic acids is 1. The molecule has 124 valence electrons. The van der Waals surface area contributed by atoms with Crippen molar-refractivity contribution in [2.45, 2.75) is 13.0 Å². The summed E-state index contributed by atoms with van der Waals surface area (Å²) in [6, 6.07) is 18.9. The van der Waals surface area contributed by atoms with Gasteiger partial charge < -0.3 is 10.0 Å². The monoisotopic (exact) mass is 331 g/mol. The molecule has 1 N–H and O–H groups in total. The van der Waals surface area contributed by atoms with E-state index < -0.39 is 5.97 Å². The van der Waals surface area contributed by atoms with Crippen molar-refractivity contribution in [1.82, 2.24) is 4.90 Å². The molecule has 1 aliphatic rings. The van der Waals surface area contributed by atoms with Gasteiger partial charge in [-0.2, -0.15) is 0 Å². The van der Waals surface area contributed by atoms with Crippen molar-refractivity contribution in [1.29, 1.82) is 0 Å². The maximum absolute atomic E-state index is 12.9. The van der Waals surface area contributed by atoms with E-state index in [1.165, 1.54) is 0 Å². The Morgan fingerprint density at radius 2 is 1.60 bits per heavy atom. The number of carboxylic acid groups (broad SMARTS) is 1. The van der Waals surface area contributed by atoms with Crippen LogP contribution in [0.2, 0.25) is 0 Å². The Kier molecular flexibility index (Phi) is 3.73. The molecular weight excluding hydrogens is 314 g/mol. The van der Waals surface area contributed by atoms with Crippen LogP contribution in [0.25, 0.3) is 10.8 Å². The molecule has 0 bridgehead atoms. The molecule has 4 nitrogen and oxygen atoms in total. The van der Waals surface area contributed by atoms with Crippen LogP contribution < -0.4 is 0 Å². The number of hydrogen-bond donors (Lipinski definition) is 1. The molecule has 1 amide bonds. The van der Waals surface area contributed by atoms with E-state index in [1.54, 1.807) is 17.0 Å². The van der Waals surface area contributed by atoms with E-state index >= 15 is 0 Å². The topological polar surface area (TPSA) is 57.6 Å². The SMILES string of the molecule is O=C(O)c1ccc2c(c1)CN(C(=O)c1ccc3ccccc3c1)CC2. The fourth-order valence-corrected chi connectivity index (χ4v) is 3.37. The van der Waals surface area contributed by atoms with Gasteiger partial charge in [0.25, 0.3) is 5.91 Å². The first-order valence-corrected chi connectivity index (χ1v) is 8.25. The van der Waals surface area contributed by atoms with E-state index in [1.807, 2.05) is 48.5 Å². The molecule has 0 saturated heterocycles. The molecule has 0 saturated carbocycles. The molecule has 4 heteroatoms. The van der Waals surface area contributed by atoms with Crippen molar-refractivity contribution in [2.24, 2.45) is 0 Å². The number of nitrogens with zero attached hydrogens (tertiary/aromatic N) is 1. The number of hydrogen-bond acceptors (Lipinski definition) is 2. The van der Waals surface area contributed by atoms with Crippen molar-refractivity contribution in [3.8, 4) is 0 Å². The lowest BCUT2D eigenvalue weighted by atomic mass is 9.96. The molecule has 1 heterocycles. The van der Waals surface area contributed by atoms with Gasteiger partial charge in [-0.3, -0.25) is 4.79 Å². The number of fused-ring (bicyclic) bond motifs is 2. The molecule has 0 aromatic heterocycles. The molecule has 3 aromatic rings. The third kappa shape index (κ3) is 2.87. The summed E-state index contributed by atoms with van der Waals surface area (Å²) >= 11 is 0. The highest BCUT2D eigenvalue weighted by Crippen LogP contribution is 2.23. The standard InChI is InChI=1S/C21H17NO3/c23-20(17-7-5-14-3-1-2-4-16(14)11-17)22-10-9-15-6-8-18(21(24)25)12-19(15)13-22/h1-8,11-12H,9-10,13H2,(H,24,25). The van der Waals surface area contributed by atoms with Crippen LogP contribution in [-0.2, 0) is 13.0 Å². The van der Waals surface area contributed by atoms with Crippen LogP contribution >= 0.6 is 0 Å². The maximum Gasteiger partial charge on any atom is 0.335 e. The average molecular weight is 331 g/mol. The van der Waals surface area contributed by atoms with Crippen LogP contribution in [0.1, 0.15) is 31.8 Å². The molecule has 0 aliphatic carbocycles. The molecule has 0 fully saturated rings. The van der Waals surface area contributed by atoms with E-state index in [4.69, 9.17) is 5.11 Å². The highest BCUT2D eigenvalue weighted by molar-refractivity contribution is 5.98.